The number of aliphatic carboxylic acids is 1. The summed E-state index contributed by atoms with van der Waals surface area (Å²) >= 11 is 0. The summed E-state index contributed by atoms with van der Waals surface area (Å²) in [6.45, 7) is 11.3. The van der Waals surface area contributed by atoms with E-state index in [0.717, 1.165) is 0 Å². The molecule has 1 aromatic rings. The number of aromatic nitrogens is 1. The van der Waals surface area contributed by atoms with E-state index in [1.165, 1.54) is 0 Å². The normalized spacial score (nSPS) is 14.8. The summed E-state index contributed by atoms with van der Waals surface area (Å²) in [6.07, 6.45) is -0.152. The molecular weight excluding hydrogens is 272 g/mol. The van der Waals surface area contributed by atoms with Crippen molar-refractivity contribution in [3.05, 3.63) is 17.5 Å². The lowest BCUT2D eigenvalue weighted by atomic mass is 9.85. The van der Waals surface area contributed by atoms with E-state index in [1.807, 2.05) is 34.6 Å². The Bertz CT molecular complexity index is 528. The van der Waals surface area contributed by atoms with Gasteiger partial charge in [0.15, 0.2) is 5.69 Å². The fourth-order valence-electron chi connectivity index (χ4n) is 1.77. The number of hydrogen-bond donors (Lipinski definition) is 2. The first-order chi connectivity index (χ1) is 9.45. The lowest BCUT2D eigenvalue weighted by molar-refractivity contribution is -0.138. The SMILES string of the molecule is CC(C)C(C)(CC(=O)O)NC(=O)c1cc(C(C)(C)C)on1. The molecule has 118 valence electrons. The molecule has 0 aliphatic carbocycles. The highest BCUT2D eigenvalue weighted by Crippen LogP contribution is 2.24. The first-order valence-corrected chi connectivity index (χ1v) is 6.97. The smallest absolute Gasteiger partial charge is 0.305 e. The van der Waals surface area contributed by atoms with Crippen molar-refractivity contribution in [2.45, 2.75) is 58.9 Å². The number of carboxylic acids is 1. The summed E-state index contributed by atoms with van der Waals surface area (Å²) in [5.41, 5.74) is -0.922. The number of carbonyl (C=O) groups excluding carboxylic acids is 1. The molecule has 6 heteroatoms. The Morgan fingerprint density at radius 1 is 1.33 bits per heavy atom. The van der Waals surface area contributed by atoms with Crippen molar-refractivity contribution in [2.75, 3.05) is 0 Å². The number of hydrogen-bond acceptors (Lipinski definition) is 4. The van der Waals surface area contributed by atoms with Crippen molar-refractivity contribution in [1.29, 1.82) is 0 Å². The summed E-state index contributed by atoms with van der Waals surface area (Å²) in [4.78, 5) is 23.2. The number of amides is 1. The highest BCUT2D eigenvalue weighted by atomic mass is 16.5. The molecule has 2 N–H and O–H groups in total. The van der Waals surface area contributed by atoms with Crippen LogP contribution >= 0.6 is 0 Å². The summed E-state index contributed by atoms with van der Waals surface area (Å²) in [5.74, 6) is -0.808. The molecule has 1 heterocycles. The lowest BCUT2D eigenvalue weighted by Gasteiger charge is -2.33. The Morgan fingerprint density at radius 3 is 2.29 bits per heavy atom. The van der Waals surface area contributed by atoms with Crippen LogP contribution in [0.25, 0.3) is 0 Å². The van der Waals surface area contributed by atoms with Crippen molar-refractivity contribution >= 4 is 11.9 Å². The van der Waals surface area contributed by atoms with Crippen LogP contribution < -0.4 is 5.32 Å². The maximum atomic E-state index is 12.3. The van der Waals surface area contributed by atoms with Gasteiger partial charge in [-0.3, -0.25) is 9.59 Å². The summed E-state index contributed by atoms with van der Waals surface area (Å²) in [6, 6.07) is 1.59. The highest BCUT2D eigenvalue weighted by molar-refractivity contribution is 5.93. The van der Waals surface area contributed by atoms with Gasteiger partial charge in [0.1, 0.15) is 5.76 Å². The van der Waals surface area contributed by atoms with E-state index in [-0.39, 0.29) is 23.4 Å². The number of nitrogens with one attached hydrogen (secondary N) is 1. The molecule has 1 amide bonds. The molecule has 1 unspecified atom stereocenters. The minimum absolute atomic E-state index is 0.0356. The van der Waals surface area contributed by atoms with Gasteiger partial charge in [-0.2, -0.15) is 0 Å². The van der Waals surface area contributed by atoms with E-state index in [4.69, 9.17) is 9.63 Å². The van der Waals surface area contributed by atoms with Gasteiger partial charge in [0, 0.05) is 11.5 Å². The predicted molar refractivity (Wildman–Crippen MR) is 78.2 cm³/mol. The molecule has 0 saturated heterocycles. The topological polar surface area (TPSA) is 92.4 Å². The number of rotatable bonds is 5. The van der Waals surface area contributed by atoms with E-state index >= 15 is 0 Å². The maximum absolute atomic E-state index is 12.3. The average Bonchev–Trinajstić information content (AvgIpc) is 2.75. The highest BCUT2D eigenvalue weighted by Gasteiger charge is 2.34. The molecule has 0 aliphatic rings. The number of carbonyl (C=O) groups is 2. The second kappa shape index (κ2) is 5.87. The van der Waals surface area contributed by atoms with Gasteiger partial charge in [-0.25, -0.2) is 0 Å². The Balaban J connectivity index is 2.93. The van der Waals surface area contributed by atoms with Gasteiger partial charge >= 0.3 is 5.97 Å². The molecule has 0 aliphatic heterocycles. The predicted octanol–water partition coefficient (Wildman–Crippen LogP) is 2.59. The van der Waals surface area contributed by atoms with Gasteiger partial charge in [-0.05, 0) is 12.8 Å². The number of nitrogens with zero attached hydrogens (tertiary/aromatic N) is 1. The molecule has 21 heavy (non-hydrogen) atoms. The lowest BCUT2D eigenvalue weighted by Crippen LogP contribution is -2.51. The molecular formula is C15H24N2O4. The fourth-order valence-corrected chi connectivity index (χ4v) is 1.77. The third-order valence-corrected chi connectivity index (χ3v) is 3.67. The van der Waals surface area contributed by atoms with Gasteiger partial charge < -0.3 is 14.9 Å². The molecule has 1 aromatic heterocycles. The third kappa shape index (κ3) is 4.31. The first-order valence-electron chi connectivity index (χ1n) is 6.97. The van der Waals surface area contributed by atoms with Crippen molar-refractivity contribution < 1.29 is 19.2 Å². The second-order valence-corrected chi connectivity index (χ2v) is 6.92. The zero-order valence-corrected chi connectivity index (χ0v) is 13.5. The van der Waals surface area contributed by atoms with E-state index in [9.17, 15) is 9.59 Å². The van der Waals surface area contributed by atoms with Crippen molar-refractivity contribution in [1.82, 2.24) is 10.5 Å². The van der Waals surface area contributed by atoms with E-state index in [1.54, 1.807) is 13.0 Å². The third-order valence-electron chi connectivity index (χ3n) is 3.67. The largest absolute Gasteiger partial charge is 0.481 e. The molecule has 0 spiro atoms. The molecule has 6 nitrogen and oxygen atoms in total. The van der Waals surface area contributed by atoms with Crippen molar-refractivity contribution in [3.63, 3.8) is 0 Å². The Morgan fingerprint density at radius 2 is 1.90 bits per heavy atom. The summed E-state index contributed by atoms with van der Waals surface area (Å²) in [7, 11) is 0. The quantitative estimate of drug-likeness (QED) is 0.871. The van der Waals surface area contributed by atoms with E-state index in [0.29, 0.717) is 5.76 Å². The molecule has 1 rings (SSSR count). The van der Waals surface area contributed by atoms with Crippen LogP contribution in [0.1, 0.15) is 64.2 Å². The molecule has 0 aromatic carbocycles. The molecule has 0 fully saturated rings. The zero-order chi connectivity index (χ0) is 16.4. The van der Waals surface area contributed by atoms with Crippen LogP contribution in [0.4, 0.5) is 0 Å². The van der Waals surface area contributed by atoms with Crippen LogP contribution in [0.3, 0.4) is 0 Å². The van der Waals surface area contributed by atoms with E-state index < -0.39 is 17.4 Å². The molecule has 1 atom stereocenters. The van der Waals surface area contributed by atoms with Gasteiger partial charge in [0.05, 0.1) is 12.0 Å². The number of carboxylic acid groups (broad SMARTS) is 1. The minimum Gasteiger partial charge on any atom is -0.481 e. The van der Waals surface area contributed by atoms with Crippen molar-refractivity contribution in [3.8, 4) is 0 Å². The molecule has 0 saturated carbocycles. The van der Waals surface area contributed by atoms with Crippen LogP contribution in [-0.2, 0) is 10.2 Å². The second-order valence-electron chi connectivity index (χ2n) is 6.92. The van der Waals surface area contributed by atoms with Crippen LogP contribution in [0.2, 0.25) is 0 Å². The Hall–Kier alpha value is -1.85. The minimum atomic E-state index is -0.956. The van der Waals surface area contributed by atoms with Gasteiger partial charge in [-0.15, -0.1) is 0 Å². The van der Waals surface area contributed by atoms with Gasteiger partial charge in [0.2, 0.25) is 0 Å². The van der Waals surface area contributed by atoms with Gasteiger partial charge in [0.25, 0.3) is 5.91 Å². The van der Waals surface area contributed by atoms with Crippen molar-refractivity contribution in [2.24, 2.45) is 5.92 Å². The molecule has 0 radical (unpaired) electrons. The maximum Gasteiger partial charge on any atom is 0.305 e. The van der Waals surface area contributed by atoms with E-state index in [2.05, 4.69) is 10.5 Å². The Kier molecular flexibility index (Phi) is 4.81. The van der Waals surface area contributed by atoms with Gasteiger partial charge in [-0.1, -0.05) is 39.8 Å². The average molecular weight is 296 g/mol. The van der Waals surface area contributed by atoms with Crippen LogP contribution in [0.15, 0.2) is 10.6 Å². The molecule has 0 bridgehead atoms. The fraction of sp³-hybridized carbons (Fsp3) is 0.667. The summed E-state index contributed by atoms with van der Waals surface area (Å²) in [5, 5.41) is 15.5. The standard InChI is InChI=1S/C15H24N2O4/c1-9(2)15(6,8-12(18)19)16-13(20)10-7-11(21-17-10)14(3,4)5/h7,9H,8H2,1-6H3,(H,16,20)(H,18,19). The zero-order valence-electron chi connectivity index (χ0n) is 13.5. The van der Waals surface area contributed by atoms with Crippen LogP contribution in [-0.4, -0.2) is 27.7 Å². The van der Waals surface area contributed by atoms with Crippen LogP contribution in [0, 0.1) is 5.92 Å². The Labute approximate surface area is 124 Å². The first kappa shape index (κ1) is 17.2. The summed E-state index contributed by atoms with van der Waals surface area (Å²) < 4.78 is 5.18. The monoisotopic (exact) mass is 296 g/mol. The van der Waals surface area contributed by atoms with Crippen LogP contribution in [0.5, 0.6) is 0 Å².